The molecule has 0 N–H and O–H groups in total. The van der Waals surface area contributed by atoms with Crippen molar-refractivity contribution in [3.05, 3.63) is 82.9 Å². The Morgan fingerprint density at radius 3 is 2.54 bits per heavy atom. The standard InChI is InChI=1S/C20H22N2O5S/c1-2-17-19(27-15-16-9-4-3-5-10-16)12-8-14-21(17)28(25,26)20-13-7-6-11-18(20)22(23)24/h2-7,9-11,13,17,19H,1,8,12,14-15H2/t17-,19+/m1/s1. The minimum atomic E-state index is -4.07. The summed E-state index contributed by atoms with van der Waals surface area (Å²) in [5.74, 6) is 0. The molecule has 3 rings (SSSR count). The molecule has 0 saturated carbocycles. The summed E-state index contributed by atoms with van der Waals surface area (Å²) in [5.41, 5.74) is 0.557. The minimum Gasteiger partial charge on any atom is -0.372 e. The maximum Gasteiger partial charge on any atom is 0.289 e. The minimum absolute atomic E-state index is 0.260. The number of nitro benzene ring substituents is 1. The van der Waals surface area contributed by atoms with Crippen LogP contribution in [0.25, 0.3) is 0 Å². The Balaban J connectivity index is 1.86. The quantitative estimate of drug-likeness (QED) is 0.402. The van der Waals surface area contributed by atoms with E-state index in [9.17, 15) is 18.5 Å². The van der Waals surface area contributed by atoms with Crippen LogP contribution in [0.5, 0.6) is 0 Å². The maximum atomic E-state index is 13.2. The molecule has 2 atom stereocenters. The Hall–Kier alpha value is -2.55. The first-order valence-electron chi connectivity index (χ1n) is 8.98. The van der Waals surface area contributed by atoms with Gasteiger partial charge in [0.15, 0.2) is 4.90 Å². The Morgan fingerprint density at radius 1 is 1.18 bits per heavy atom. The highest BCUT2D eigenvalue weighted by molar-refractivity contribution is 7.89. The smallest absolute Gasteiger partial charge is 0.289 e. The van der Waals surface area contributed by atoms with Crippen LogP contribution in [0.4, 0.5) is 5.69 Å². The number of ether oxygens (including phenoxy) is 1. The third-order valence-corrected chi connectivity index (χ3v) is 6.72. The third kappa shape index (κ3) is 4.14. The first-order chi connectivity index (χ1) is 13.4. The molecule has 1 saturated heterocycles. The highest BCUT2D eigenvalue weighted by Crippen LogP contribution is 2.32. The number of piperidine rings is 1. The zero-order chi connectivity index (χ0) is 20.1. The van der Waals surface area contributed by atoms with Crippen molar-refractivity contribution in [2.75, 3.05) is 6.54 Å². The van der Waals surface area contributed by atoms with Gasteiger partial charge in [0.2, 0.25) is 0 Å². The summed E-state index contributed by atoms with van der Waals surface area (Å²) in [4.78, 5) is 10.3. The van der Waals surface area contributed by atoms with Crippen LogP contribution in [0.1, 0.15) is 18.4 Å². The predicted molar refractivity (Wildman–Crippen MR) is 105 cm³/mol. The van der Waals surface area contributed by atoms with Gasteiger partial charge in [-0.2, -0.15) is 4.31 Å². The number of benzene rings is 2. The van der Waals surface area contributed by atoms with Gasteiger partial charge in [0, 0.05) is 12.6 Å². The fraction of sp³-hybridized carbons (Fsp3) is 0.300. The van der Waals surface area contributed by atoms with Gasteiger partial charge >= 0.3 is 0 Å². The lowest BCUT2D eigenvalue weighted by Gasteiger charge is -2.38. The zero-order valence-electron chi connectivity index (χ0n) is 15.3. The molecular formula is C20H22N2O5S. The number of nitro groups is 1. The van der Waals surface area contributed by atoms with E-state index in [2.05, 4.69) is 6.58 Å². The number of rotatable bonds is 7. The van der Waals surface area contributed by atoms with Crippen molar-refractivity contribution < 1.29 is 18.1 Å². The number of hydrogen-bond donors (Lipinski definition) is 0. The van der Waals surface area contributed by atoms with Crippen LogP contribution in [0.2, 0.25) is 0 Å². The van der Waals surface area contributed by atoms with Gasteiger partial charge in [0.05, 0.1) is 23.7 Å². The second-order valence-corrected chi connectivity index (χ2v) is 8.40. The van der Waals surface area contributed by atoms with Crippen molar-refractivity contribution in [3.8, 4) is 0 Å². The molecule has 0 aromatic heterocycles. The topological polar surface area (TPSA) is 89.8 Å². The normalized spacial score (nSPS) is 20.6. The first kappa shape index (κ1) is 20.2. The summed E-state index contributed by atoms with van der Waals surface area (Å²) in [5, 5.41) is 11.3. The molecular weight excluding hydrogens is 380 g/mol. The highest BCUT2D eigenvalue weighted by Gasteiger charge is 2.40. The van der Waals surface area contributed by atoms with Crippen molar-refractivity contribution in [1.29, 1.82) is 0 Å². The fourth-order valence-corrected chi connectivity index (χ4v) is 5.24. The molecule has 2 aromatic rings. The van der Waals surface area contributed by atoms with Gasteiger partial charge in [-0.25, -0.2) is 8.42 Å². The summed E-state index contributed by atoms with van der Waals surface area (Å²) >= 11 is 0. The lowest BCUT2D eigenvalue weighted by atomic mass is 10.0. The van der Waals surface area contributed by atoms with E-state index >= 15 is 0 Å². The molecule has 1 aliphatic heterocycles. The Morgan fingerprint density at radius 2 is 1.86 bits per heavy atom. The van der Waals surface area contributed by atoms with Gasteiger partial charge in [-0.3, -0.25) is 10.1 Å². The third-order valence-electron chi connectivity index (χ3n) is 4.78. The molecule has 148 valence electrons. The van der Waals surface area contributed by atoms with Crippen LogP contribution in [0, 0.1) is 10.1 Å². The molecule has 1 heterocycles. The molecule has 0 amide bonds. The van der Waals surface area contributed by atoms with E-state index in [0.29, 0.717) is 19.4 Å². The Kier molecular flexibility index (Phi) is 6.23. The second kappa shape index (κ2) is 8.64. The molecule has 1 fully saturated rings. The number of para-hydroxylation sites is 1. The lowest BCUT2D eigenvalue weighted by Crippen LogP contribution is -2.50. The molecule has 0 spiro atoms. The summed E-state index contributed by atoms with van der Waals surface area (Å²) in [6.07, 6.45) is 2.46. The molecule has 0 aliphatic carbocycles. The van der Waals surface area contributed by atoms with Crippen LogP contribution in [0.15, 0.2) is 72.1 Å². The van der Waals surface area contributed by atoms with Crippen molar-refractivity contribution in [1.82, 2.24) is 4.31 Å². The highest BCUT2D eigenvalue weighted by atomic mass is 32.2. The van der Waals surface area contributed by atoms with Gasteiger partial charge in [0.1, 0.15) is 0 Å². The van der Waals surface area contributed by atoms with E-state index in [-0.39, 0.29) is 17.5 Å². The van der Waals surface area contributed by atoms with E-state index in [4.69, 9.17) is 4.74 Å². The van der Waals surface area contributed by atoms with Crippen LogP contribution in [0.3, 0.4) is 0 Å². The van der Waals surface area contributed by atoms with Crippen LogP contribution < -0.4 is 0 Å². The van der Waals surface area contributed by atoms with Crippen molar-refractivity contribution >= 4 is 15.7 Å². The van der Waals surface area contributed by atoms with Crippen molar-refractivity contribution in [3.63, 3.8) is 0 Å². The van der Waals surface area contributed by atoms with Crippen molar-refractivity contribution in [2.45, 2.75) is 36.5 Å². The lowest BCUT2D eigenvalue weighted by molar-refractivity contribution is -0.387. The van der Waals surface area contributed by atoms with Gasteiger partial charge in [-0.05, 0) is 24.5 Å². The number of nitrogens with zero attached hydrogens (tertiary/aromatic N) is 2. The summed E-state index contributed by atoms with van der Waals surface area (Å²) in [6.45, 7) is 4.40. The molecule has 0 unspecified atom stereocenters. The van der Waals surface area contributed by atoms with Gasteiger partial charge in [-0.15, -0.1) is 6.58 Å². The molecule has 8 heteroatoms. The Labute approximate surface area is 164 Å². The predicted octanol–water partition coefficient (Wildman–Crippen LogP) is 3.52. The van der Waals surface area contributed by atoms with E-state index in [1.54, 1.807) is 6.08 Å². The SMILES string of the molecule is C=C[C@@H]1[C@@H](OCc2ccccc2)CCCN1S(=O)(=O)c1ccccc1[N+](=O)[O-]. The average Bonchev–Trinajstić information content (AvgIpc) is 2.72. The van der Waals surface area contributed by atoms with Crippen molar-refractivity contribution in [2.24, 2.45) is 0 Å². The van der Waals surface area contributed by atoms with Gasteiger partial charge in [0.25, 0.3) is 15.7 Å². The molecule has 28 heavy (non-hydrogen) atoms. The average molecular weight is 402 g/mol. The van der Waals surface area contributed by atoms with E-state index in [1.807, 2.05) is 30.3 Å². The molecule has 7 nitrogen and oxygen atoms in total. The molecule has 2 aromatic carbocycles. The van der Waals surface area contributed by atoms with E-state index in [1.165, 1.54) is 28.6 Å². The second-order valence-electron chi connectivity index (χ2n) is 6.54. The van der Waals surface area contributed by atoms with Crippen LogP contribution in [-0.2, 0) is 21.4 Å². The van der Waals surface area contributed by atoms with E-state index < -0.39 is 26.7 Å². The number of sulfonamides is 1. The molecule has 0 bridgehead atoms. The van der Waals surface area contributed by atoms with Crippen LogP contribution >= 0.6 is 0 Å². The largest absolute Gasteiger partial charge is 0.372 e. The fourth-order valence-electron chi connectivity index (χ4n) is 3.42. The first-order valence-corrected chi connectivity index (χ1v) is 10.4. The van der Waals surface area contributed by atoms with Gasteiger partial charge in [-0.1, -0.05) is 48.5 Å². The summed E-state index contributed by atoms with van der Waals surface area (Å²) in [7, 11) is -4.07. The summed E-state index contributed by atoms with van der Waals surface area (Å²) in [6, 6.07) is 14.4. The summed E-state index contributed by atoms with van der Waals surface area (Å²) < 4.78 is 33.7. The molecule has 1 aliphatic rings. The van der Waals surface area contributed by atoms with Crippen LogP contribution in [-0.4, -0.2) is 36.3 Å². The Bertz CT molecular complexity index is 946. The zero-order valence-corrected chi connectivity index (χ0v) is 16.1. The van der Waals surface area contributed by atoms with Gasteiger partial charge < -0.3 is 4.74 Å². The molecule has 0 radical (unpaired) electrons. The maximum absolute atomic E-state index is 13.2. The monoisotopic (exact) mass is 402 g/mol. The van der Waals surface area contributed by atoms with E-state index in [0.717, 1.165) is 5.56 Å². The number of hydrogen-bond acceptors (Lipinski definition) is 5.